The van der Waals surface area contributed by atoms with Crippen molar-refractivity contribution in [3.63, 3.8) is 0 Å². The van der Waals surface area contributed by atoms with Crippen LogP contribution in [-0.2, 0) is 10.2 Å². The third kappa shape index (κ3) is 3.64. The summed E-state index contributed by atoms with van der Waals surface area (Å²) in [4.78, 5) is 7.69. The predicted molar refractivity (Wildman–Crippen MR) is 110 cm³/mol. The van der Waals surface area contributed by atoms with E-state index in [1.807, 2.05) is 18.2 Å². The summed E-state index contributed by atoms with van der Waals surface area (Å²) < 4.78 is 46.9. The molecule has 2 N–H and O–H groups in total. The van der Waals surface area contributed by atoms with E-state index in [-0.39, 0.29) is 5.82 Å². The van der Waals surface area contributed by atoms with E-state index in [1.54, 1.807) is 19.4 Å². The van der Waals surface area contributed by atoms with E-state index in [9.17, 15) is 12.8 Å². The molecular formula is C20H21FN4O3S. The summed E-state index contributed by atoms with van der Waals surface area (Å²) in [5, 5.41) is 0.845. The van der Waals surface area contributed by atoms with E-state index in [2.05, 4.69) is 14.7 Å². The van der Waals surface area contributed by atoms with Crippen molar-refractivity contribution in [3.8, 4) is 16.9 Å². The predicted octanol–water partition coefficient (Wildman–Crippen LogP) is 2.93. The summed E-state index contributed by atoms with van der Waals surface area (Å²) in [5.41, 5.74) is 4.02. The molecule has 9 heteroatoms. The zero-order valence-corrected chi connectivity index (χ0v) is 16.9. The molecule has 29 heavy (non-hydrogen) atoms. The average molecular weight is 416 g/mol. The standard InChI is InChI=1S/C20H21FN4O3S/c1-22-29(26,27)25-9-6-13(7-10-25)18-12-17-15(5-8-23-20(17)24-18)16-11-14(21)3-4-19(16)28-2/h3-6,8,11-12,22H,7,9-10H2,1-2H3,(H,23,24). The van der Waals surface area contributed by atoms with Gasteiger partial charge < -0.3 is 9.72 Å². The third-order valence-corrected chi connectivity index (χ3v) is 6.63. The van der Waals surface area contributed by atoms with Crippen molar-refractivity contribution >= 4 is 26.8 Å². The molecule has 0 spiro atoms. The van der Waals surface area contributed by atoms with Gasteiger partial charge in [0, 0.05) is 43.0 Å². The van der Waals surface area contributed by atoms with Crippen molar-refractivity contribution in [2.45, 2.75) is 6.42 Å². The van der Waals surface area contributed by atoms with Crippen LogP contribution in [-0.4, -0.2) is 49.9 Å². The highest BCUT2D eigenvalue weighted by molar-refractivity contribution is 7.87. The Morgan fingerprint density at radius 3 is 2.76 bits per heavy atom. The number of aromatic amines is 1. The first-order chi connectivity index (χ1) is 13.9. The highest BCUT2D eigenvalue weighted by Gasteiger charge is 2.23. The first-order valence-corrected chi connectivity index (χ1v) is 10.6. The Balaban J connectivity index is 1.74. The molecule has 0 bridgehead atoms. The molecule has 2 aromatic heterocycles. The van der Waals surface area contributed by atoms with Gasteiger partial charge in [-0.3, -0.25) is 0 Å². The van der Waals surface area contributed by atoms with E-state index in [1.165, 1.54) is 23.5 Å². The van der Waals surface area contributed by atoms with Crippen molar-refractivity contribution in [2.24, 2.45) is 0 Å². The quantitative estimate of drug-likeness (QED) is 0.670. The summed E-state index contributed by atoms with van der Waals surface area (Å²) in [5.74, 6) is 0.230. The number of aromatic nitrogens is 2. The van der Waals surface area contributed by atoms with Crippen molar-refractivity contribution in [3.05, 3.63) is 54.1 Å². The lowest BCUT2D eigenvalue weighted by molar-refractivity contribution is 0.415. The monoisotopic (exact) mass is 416 g/mol. The van der Waals surface area contributed by atoms with Crippen LogP contribution in [0.5, 0.6) is 5.75 Å². The molecule has 4 rings (SSSR count). The zero-order chi connectivity index (χ0) is 20.6. The summed E-state index contributed by atoms with van der Waals surface area (Å²) in [6.45, 7) is 0.689. The molecule has 1 aliphatic rings. The number of methoxy groups -OCH3 is 1. The van der Waals surface area contributed by atoms with Crippen LogP contribution in [0, 0.1) is 5.82 Å². The Bertz CT molecular complexity index is 1200. The SMILES string of the molecule is CNS(=O)(=O)N1CC=C(c2cc3c(-c4cc(F)ccc4OC)ccnc3[nH]2)CC1. The van der Waals surface area contributed by atoms with Gasteiger partial charge in [0.1, 0.15) is 17.2 Å². The van der Waals surface area contributed by atoms with Crippen molar-refractivity contribution in [1.29, 1.82) is 0 Å². The highest BCUT2D eigenvalue weighted by Crippen LogP contribution is 2.36. The molecule has 0 saturated heterocycles. The van der Waals surface area contributed by atoms with E-state index in [4.69, 9.17) is 4.74 Å². The summed E-state index contributed by atoms with van der Waals surface area (Å²) in [6, 6.07) is 8.20. The number of ether oxygens (including phenoxy) is 1. The van der Waals surface area contributed by atoms with Gasteiger partial charge in [-0.15, -0.1) is 0 Å². The lowest BCUT2D eigenvalue weighted by atomic mass is 10.0. The first-order valence-electron chi connectivity index (χ1n) is 9.12. The lowest BCUT2D eigenvalue weighted by Gasteiger charge is -2.24. The lowest BCUT2D eigenvalue weighted by Crippen LogP contribution is -2.41. The topological polar surface area (TPSA) is 87.3 Å². The molecule has 7 nitrogen and oxygen atoms in total. The Kier molecular flexibility index (Phi) is 5.12. The summed E-state index contributed by atoms with van der Waals surface area (Å²) in [7, 11) is -0.485. The Hall–Kier alpha value is -2.75. The number of pyridine rings is 1. The number of benzene rings is 1. The molecule has 3 heterocycles. The molecule has 0 unspecified atom stereocenters. The maximum Gasteiger partial charge on any atom is 0.279 e. The number of halogens is 1. The van der Waals surface area contributed by atoms with Gasteiger partial charge in [0.15, 0.2) is 0 Å². The second kappa shape index (κ2) is 7.58. The second-order valence-corrected chi connectivity index (χ2v) is 8.57. The van der Waals surface area contributed by atoms with Crippen LogP contribution in [0.1, 0.15) is 12.1 Å². The minimum atomic E-state index is -3.44. The molecule has 0 fully saturated rings. The van der Waals surface area contributed by atoms with Crippen LogP contribution < -0.4 is 9.46 Å². The van der Waals surface area contributed by atoms with Crippen molar-refractivity contribution in [1.82, 2.24) is 19.0 Å². The largest absolute Gasteiger partial charge is 0.496 e. The van der Waals surface area contributed by atoms with Gasteiger partial charge in [0.2, 0.25) is 0 Å². The number of H-pyrrole nitrogens is 1. The number of fused-ring (bicyclic) bond motifs is 1. The van der Waals surface area contributed by atoms with E-state index < -0.39 is 10.2 Å². The number of nitrogens with zero attached hydrogens (tertiary/aromatic N) is 2. The molecule has 0 aliphatic carbocycles. The number of rotatable bonds is 5. The fourth-order valence-electron chi connectivity index (χ4n) is 3.57. The Labute approximate surface area is 168 Å². The van der Waals surface area contributed by atoms with Crippen molar-refractivity contribution in [2.75, 3.05) is 27.2 Å². The molecule has 0 atom stereocenters. The zero-order valence-electron chi connectivity index (χ0n) is 16.1. The number of hydrogen-bond donors (Lipinski definition) is 2. The van der Waals surface area contributed by atoms with Gasteiger partial charge in [0.25, 0.3) is 10.2 Å². The van der Waals surface area contributed by atoms with Crippen LogP contribution >= 0.6 is 0 Å². The minimum Gasteiger partial charge on any atom is -0.496 e. The fraction of sp³-hybridized carbons (Fsp3) is 0.250. The van der Waals surface area contributed by atoms with E-state index in [0.717, 1.165) is 22.2 Å². The molecule has 1 aliphatic heterocycles. The third-order valence-electron chi connectivity index (χ3n) is 5.10. The maximum absolute atomic E-state index is 13.9. The van der Waals surface area contributed by atoms with Crippen LogP contribution in [0.15, 0.2) is 42.6 Å². The van der Waals surface area contributed by atoms with Gasteiger partial charge in [-0.1, -0.05) is 6.08 Å². The molecule has 0 radical (unpaired) electrons. The van der Waals surface area contributed by atoms with Crippen LogP contribution in [0.3, 0.4) is 0 Å². The maximum atomic E-state index is 13.9. The van der Waals surface area contributed by atoms with Crippen LogP contribution in [0.4, 0.5) is 4.39 Å². The Morgan fingerprint density at radius 1 is 1.24 bits per heavy atom. The van der Waals surface area contributed by atoms with Crippen LogP contribution in [0.2, 0.25) is 0 Å². The molecular weight excluding hydrogens is 395 g/mol. The summed E-state index contributed by atoms with van der Waals surface area (Å²) in [6.07, 6.45) is 4.14. The van der Waals surface area contributed by atoms with E-state index >= 15 is 0 Å². The minimum absolute atomic E-state index is 0.297. The van der Waals surface area contributed by atoms with Crippen molar-refractivity contribution < 1.29 is 17.5 Å². The fourth-order valence-corrected chi connectivity index (χ4v) is 4.43. The summed E-state index contributed by atoms with van der Waals surface area (Å²) >= 11 is 0. The molecule has 0 amide bonds. The molecule has 3 aromatic rings. The number of hydrogen-bond acceptors (Lipinski definition) is 4. The Morgan fingerprint density at radius 2 is 2.07 bits per heavy atom. The van der Waals surface area contributed by atoms with Gasteiger partial charge in [-0.2, -0.15) is 12.7 Å². The molecule has 0 saturated carbocycles. The second-order valence-electron chi connectivity index (χ2n) is 6.69. The van der Waals surface area contributed by atoms with E-state index in [0.29, 0.717) is 36.5 Å². The van der Waals surface area contributed by atoms with Gasteiger partial charge >= 0.3 is 0 Å². The van der Waals surface area contributed by atoms with Gasteiger partial charge in [-0.25, -0.2) is 14.1 Å². The normalized spacial score (nSPS) is 15.5. The van der Waals surface area contributed by atoms with Gasteiger partial charge in [0.05, 0.1) is 7.11 Å². The number of nitrogens with one attached hydrogen (secondary N) is 2. The molecule has 1 aromatic carbocycles. The van der Waals surface area contributed by atoms with Gasteiger partial charge in [-0.05, 0) is 47.9 Å². The highest BCUT2D eigenvalue weighted by atomic mass is 32.2. The van der Waals surface area contributed by atoms with Crippen LogP contribution in [0.25, 0.3) is 27.7 Å². The molecule has 152 valence electrons. The smallest absolute Gasteiger partial charge is 0.279 e. The first kappa shape index (κ1) is 19.6. The average Bonchev–Trinajstić information content (AvgIpc) is 3.18.